The van der Waals surface area contributed by atoms with Gasteiger partial charge >= 0.3 is 18.2 Å². The van der Waals surface area contributed by atoms with Crippen LogP contribution in [0.3, 0.4) is 0 Å². The topological polar surface area (TPSA) is 70.1 Å². The smallest absolute Gasteiger partial charge is 0.409 e. The van der Waals surface area contributed by atoms with Crippen molar-refractivity contribution in [2.45, 2.75) is 43.9 Å². The van der Waals surface area contributed by atoms with Crippen molar-refractivity contribution < 1.29 is 32.6 Å². The van der Waals surface area contributed by atoms with Crippen molar-refractivity contribution in [2.24, 2.45) is 5.92 Å². The van der Waals surface area contributed by atoms with Gasteiger partial charge in [-0.2, -0.15) is 13.2 Å². The number of hydrogen-bond donors (Lipinski definition) is 1. The molecule has 2 unspecified atom stereocenters. The summed E-state index contributed by atoms with van der Waals surface area (Å²) in [6.07, 6.45) is -4.03. The highest BCUT2D eigenvalue weighted by atomic mass is 19.4. The fourth-order valence-corrected chi connectivity index (χ4v) is 3.49. The Kier molecular flexibility index (Phi) is 5.38. The number of methoxy groups -OCH3 is 1. The molecule has 23 heavy (non-hydrogen) atoms. The third-order valence-electron chi connectivity index (χ3n) is 4.66. The molecule has 1 amide bonds. The summed E-state index contributed by atoms with van der Waals surface area (Å²) in [5.74, 6) is -1.62. The monoisotopic (exact) mass is 338 g/mol. The number of rotatable bonds is 3. The van der Waals surface area contributed by atoms with Crippen LogP contribution >= 0.6 is 0 Å². The molecule has 2 fully saturated rings. The molecule has 2 saturated heterocycles. The predicted octanol–water partition coefficient (Wildman–Crippen LogP) is 1.94. The Morgan fingerprint density at radius 2 is 1.96 bits per heavy atom. The summed E-state index contributed by atoms with van der Waals surface area (Å²) in [4.78, 5) is 25.7. The molecule has 0 aromatic heterocycles. The fourth-order valence-electron chi connectivity index (χ4n) is 3.49. The molecule has 1 N–H and O–H groups in total. The van der Waals surface area contributed by atoms with Crippen molar-refractivity contribution in [1.29, 1.82) is 0 Å². The SMILES string of the molecule is COC(=O)N1CCC(C(=O)O)CC1CN1CCC[C@@H]1C(F)(F)F. The highest BCUT2D eigenvalue weighted by molar-refractivity contribution is 5.72. The Hall–Kier alpha value is -1.51. The molecular formula is C14H21F3N2O4. The first-order valence-corrected chi connectivity index (χ1v) is 7.62. The van der Waals surface area contributed by atoms with Gasteiger partial charge in [0.15, 0.2) is 0 Å². The molecule has 0 spiro atoms. The molecule has 2 aliphatic heterocycles. The van der Waals surface area contributed by atoms with Crippen LogP contribution in [0.1, 0.15) is 25.7 Å². The number of aliphatic carboxylic acids is 1. The second kappa shape index (κ2) is 6.94. The van der Waals surface area contributed by atoms with Crippen LogP contribution in [-0.4, -0.2) is 72.0 Å². The maximum absolute atomic E-state index is 13.1. The second-order valence-electron chi connectivity index (χ2n) is 6.07. The Bertz CT molecular complexity index is 458. The summed E-state index contributed by atoms with van der Waals surface area (Å²) in [7, 11) is 1.21. The lowest BCUT2D eigenvalue weighted by Crippen LogP contribution is -2.54. The van der Waals surface area contributed by atoms with Gasteiger partial charge in [0, 0.05) is 19.1 Å². The Morgan fingerprint density at radius 1 is 1.26 bits per heavy atom. The van der Waals surface area contributed by atoms with Gasteiger partial charge in [-0.15, -0.1) is 0 Å². The molecule has 2 rings (SSSR count). The van der Waals surface area contributed by atoms with Crippen LogP contribution in [0.4, 0.5) is 18.0 Å². The number of likely N-dealkylation sites (tertiary alicyclic amines) is 2. The maximum atomic E-state index is 13.1. The fraction of sp³-hybridized carbons (Fsp3) is 0.857. The summed E-state index contributed by atoms with van der Waals surface area (Å²) >= 11 is 0. The lowest BCUT2D eigenvalue weighted by molar-refractivity contribution is -0.178. The van der Waals surface area contributed by atoms with Gasteiger partial charge in [-0.1, -0.05) is 0 Å². The van der Waals surface area contributed by atoms with Gasteiger partial charge in [-0.3, -0.25) is 9.69 Å². The predicted molar refractivity (Wildman–Crippen MR) is 73.9 cm³/mol. The molecule has 9 heteroatoms. The Labute approximate surface area is 132 Å². The molecule has 3 atom stereocenters. The van der Waals surface area contributed by atoms with Gasteiger partial charge < -0.3 is 14.7 Å². The van der Waals surface area contributed by atoms with Crippen molar-refractivity contribution >= 4 is 12.1 Å². The van der Waals surface area contributed by atoms with Gasteiger partial charge in [-0.25, -0.2) is 4.79 Å². The van der Waals surface area contributed by atoms with E-state index in [4.69, 9.17) is 5.11 Å². The molecule has 0 aliphatic carbocycles. The lowest BCUT2D eigenvalue weighted by Gasteiger charge is -2.40. The van der Waals surface area contributed by atoms with E-state index >= 15 is 0 Å². The number of hydrogen-bond acceptors (Lipinski definition) is 4. The van der Waals surface area contributed by atoms with Gasteiger partial charge in [-0.05, 0) is 32.2 Å². The molecule has 0 aromatic rings. The van der Waals surface area contributed by atoms with E-state index in [9.17, 15) is 22.8 Å². The molecule has 2 heterocycles. The van der Waals surface area contributed by atoms with Crippen LogP contribution in [0.5, 0.6) is 0 Å². The summed E-state index contributed by atoms with van der Waals surface area (Å²) in [6, 6.07) is -2.10. The number of ether oxygens (including phenoxy) is 1. The first kappa shape index (κ1) is 17.8. The summed E-state index contributed by atoms with van der Waals surface area (Å²) in [5, 5.41) is 9.15. The number of halogens is 3. The number of alkyl halides is 3. The number of nitrogens with zero attached hydrogens (tertiary/aromatic N) is 2. The number of carboxylic acids is 1. The molecule has 0 aromatic carbocycles. The summed E-state index contributed by atoms with van der Waals surface area (Å²) in [5.41, 5.74) is 0. The van der Waals surface area contributed by atoms with Crippen LogP contribution in [0.15, 0.2) is 0 Å². The quantitative estimate of drug-likeness (QED) is 0.852. The molecule has 0 saturated carbocycles. The van der Waals surface area contributed by atoms with Crippen LogP contribution in [-0.2, 0) is 9.53 Å². The number of carboxylic acid groups (broad SMARTS) is 1. The molecule has 0 radical (unpaired) electrons. The maximum Gasteiger partial charge on any atom is 0.409 e. The summed E-state index contributed by atoms with van der Waals surface area (Å²) < 4.78 is 43.8. The first-order chi connectivity index (χ1) is 10.7. The summed E-state index contributed by atoms with van der Waals surface area (Å²) in [6.45, 7) is 0.495. The number of carbonyl (C=O) groups excluding carboxylic acids is 1. The van der Waals surface area contributed by atoms with Crippen LogP contribution in [0.25, 0.3) is 0 Å². The van der Waals surface area contributed by atoms with Crippen LogP contribution in [0.2, 0.25) is 0 Å². The van der Waals surface area contributed by atoms with E-state index in [1.165, 1.54) is 16.9 Å². The van der Waals surface area contributed by atoms with E-state index in [2.05, 4.69) is 4.74 Å². The van der Waals surface area contributed by atoms with E-state index < -0.39 is 36.2 Å². The van der Waals surface area contributed by atoms with E-state index in [1.807, 2.05) is 0 Å². The number of amides is 1. The van der Waals surface area contributed by atoms with E-state index in [0.29, 0.717) is 13.0 Å². The molecule has 132 valence electrons. The first-order valence-electron chi connectivity index (χ1n) is 7.62. The van der Waals surface area contributed by atoms with Gasteiger partial charge in [0.2, 0.25) is 0 Å². The van der Waals surface area contributed by atoms with E-state index in [0.717, 1.165) is 0 Å². The van der Waals surface area contributed by atoms with Gasteiger partial charge in [0.05, 0.1) is 13.0 Å². The highest BCUT2D eigenvalue weighted by Gasteiger charge is 2.47. The Balaban J connectivity index is 2.11. The lowest BCUT2D eigenvalue weighted by atomic mass is 9.90. The molecule has 0 bridgehead atoms. The van der Waals surface area contributed by atoms with Crippen molar-refractivity contribution in [1.82, 2.24) is 9.80 Å². The average molecular weight is 338 g/mol. The van der Waals surface area contributed by atoms with Crippen LogP contribution in [0, 0.1) is 5.92 Å². The second-order valence-corrected chi connectivity index (χ2v) is 6.07. The minimum absolute atomic E-state index is 0.0169. The van der Waals surface area contributed by atoms with E-state index in [-0.39, 0.29) is 32.4 Å². The molecule has 2 aliphatic rings. The molecular weight excluding hydrogens is 317 g/mol. The van der Waals surface area contributed by atoms with Crippen LogP contribution < -0.4 is 0 Å². The highest BCUT2D eigenvalue weighted by Crippen LogP contribution is 2.34. The standard InChI is InChI=1S/C14H21F3N2O4/c1-23-13(22)19-6-4-9(12(20)21)7-10(19)8-18-5-2-3-11(18)14(15,16)17/h9-11H,2-8H2,1H3,(H,20,21)/t9?,10?,11-/m1/s1. The zero-order valence-electron chi connectivity index (χ0n) is 12.9. The van der Waals surface area contributed by atoms with Crippen molar-refractivity contribution in [2.75, 3.05) is 26.7 Å². The minimum Gasteiger partial charge on any atom is -0.481 e. The third-order valence-corrected chi connectivity index (χ3v) is 4.66. The minimum atomic E-state index is -4.31. The van der Waals surface area contributed by atoms with Gasteiger partial charge in [0.25, 0.3) is 0 Å². The average Bonchev–Trinajstić information content (AvgIpc) is 2.94. The number of piperidine rings is 1. The Morgan fingerprint density at radius 3 is 2.52 bits per heavy atom. The van der Waals surface area contributed by atoms with Crippen molar-refractivity contribution in [3.63, 3.8) is 0 Å². The number of carbonyl (C=O) groups is 2. The van der Waals surface area contributed by atoms with Crippen molar-refractivity contribution in [3.8, 4) is 0 Å². The largest absolute Gasteiger partial charge is 0.481 e. The third kappa shape index (κ3) is 4.07. The van der Waals surface area contributed by atoms with Crippen molar-refractivity contribution in [3.05, 3.63) is 0 Å². The molecule has 6 nitrogen and oxygen atoms in total. The zero-order valence-corrected chi connectivity index (χ0v) is 12.9. The van der Waals surface area contributed by atoms with E-state index in [1.54, 1.807) is 0 Å². The zero-order chi connectivity index (χ0) is 17.2. The normalized spacial score (nSPS) is 29.6. The van der Waals surface area contributed by atoms with Gasteiger partial charge in [0.1, 0.15) is 6.04 Å².